The lowest BCUT2D eigenvalue weighted by molar-refractivity contribution is -0.141. The number of hydrogen-bond acceptors (Lipinski definition) is 4. The SMILES string of the molecule is Cc1ccc(CN(C(=O)CCCN(c2ccccc2F)S(C)(=O)=O)[C@H](Cc2ccccc2)C(=O)NCC(C)C)cc1. The molecule has 1 N–H and O–H groups in total. The number of anilines is 1. The van der Waals surface area contributed by atoms with Crippen LogP contribution in [0.5, 0.6) is 0 Å². The summed E-state index contributed by atoms with van der Waals surface area (Å²) < 4.78 is 40.4. The maximum atomic E-state index is 14.5. The van der Waals surface area contributed by atoms with Crippen molar-refractivity contribution in [2.45, 2.75) is 52.6 Å². The van der Waals surface area contributed by atoms with Crippen LogP contribution in [0, 0.1) is 18.7 Å². The Labute approximate surface area is 243 Å². The number of amides is 2. The molecule has 1 atom stereocenters. The van der Waals surface area contributed by atoms with E-state index in [-0.39, 0.29) is 49.4 Å². The Hall–Kier alpha value is -3.72. The summed E-state index contributed by atoms with van der Waals surface area (Å²) >= 11 is 0. The fourth-order valence-corrected chi connectivity index (χ4v) is 5.47. The van der Waals surface area contributed by atoms with Crippen LogP contribution in [0.2, 0.25) is 0 Å². The van der Waals surface area contributed by atoms with Crippen LogP contribution in [0.25, 0.3) is 0 Å². The molecule has 3 aromatic rings. The number of benzene rings is 3. The standard InChI is InChI=1S/C32H40FN3O4S/c1-24(2)22-34-32(38)30(21-26-11-6-5-7-12-26)35(23-27-18-16-25(3)17-19-27)31(37)15-10-20-36(41(4,39)40)29-14-9-8-13-28(29)33/h5-9,11-14,16-19,24,30H,10,15,20-23H2,1-4H3,(H,34,38)/t30-/m1/s1. The van der Waals surface area contributed by atoms with Gasteiger partial charge in [0.1, 0.15) is 11.9 Å². The highest BCUT2D eigenvalue weighted by atomic mass is 32.2. The second-order valence-corrected chi connectivity index (χ2v) is 12.6. The number of sulfonamides is 1. The molecule has 3 rings (SSSR count). The van der Waals surface area contributed by atoms with E-state index in [0.29, 0.717) is 13.0 Å². The summed E-state index contributed by atoms with van der Waals surface area (Å²) in [6.07, 6.45) is 1.47. The fraction of sp³-hybridized carbons (Fsp3) is 0.375. The third kappa shape index (κ3) is 9.70. The van der Waals surface area contributed by atoms with E-state index in [1.165, 1.54) is 18.2 Å². The smallest absolute Gasteiger partial charge is 0.243 e. The minimum absolute atomic E-state index is 0.0188. The molecule has 0 unspecified atom stereocenters. The molecule has 3 aromatic carbocycles. The van der Waals surface area contributed by atoms with Gasteiger partial charge in [-0.3, -0.25) is 13.9 Å². The number of aryl methyl sites for hydroxylation is 1. The summed E-state index contributed by atoms with van der Waals surface area (Å²) in [5, 5.41) is 2.99. The zero-order valence-corrected chi connectivity index (χ0v) is 25.0. The topological polar surface area (TPSA) is 86.8 Å². The summed E-state index contributed by atoms with van der Waals surface area (Å²) in [5.74, 6) is -0.951. The summed E-state index contributed by atoms with van der Waals surface area (Å²) in [7, 11) is -3.79. The third-order valence-electron chi connectivity index (χ3n) is 6.70. The molecule has 0 radical (unpaired) electrons. The van der Waals surface area contributed by atoms with Crippen molar-refractivity contribution in [3.8, 4) is 0 Å². The van der Waals surface area contributed by atoms with Crippen LogP contribution in [-0.4, -0.2) is 50.5 Å². The van der Waals surface area contributed by atoms with Crippen molar-refractivity contribution in [1.29, 1.82) is 0 Å². The third-order valence-corrected chi connectivity index (χ3v) is 7.88. The van der Waals surface area contributed by atoms with Gasteiger partial charge in [0.15, 0.2) is 0 Å². The first-order valence-electron chi connectivity index (χ1n) is 13.8. The Balaban J connectivity index is 1.88. The Bertz CT molecular complexity index is 1400. The summed E-state index contributed by atoms with van der Waals surface area (Å²) in [4.78, 5) is 29.0. The first kappa shape index (κ1) is 31.8. The van der Waals surface area contributed by atoms with Crippen molar-refractivity contribution >= 4 is 27.5 Å². The lowest BCUT2D eigenvalue weighted by Crippen LogP contribution is -2.51. The van der Waals surface area contributed by atoms with E-state index < -0.39 is 21.9 Å². The van der Waals surface area contributed by atoms with Crippen LogP contribution < -0.4 is 9.62 Å². The molecule has 0 spiro atoms. The number of nitrogens with one attached hydrogen (secondary N) is 1. The number of nitrogens with zero attached hydrogens (tertiary/aromatic N) is 2. The van der Waals surface area contributed by atoms with Gasteiger partial charge in [-0.05, 0) is 42.5 Å². The van der Waals surface area contributed by atoms with Gasteiger partial charge in [0.2, 0.25) is 21.8 Å². The van der Waals surface area contributed by atoms with Crippen LogP contribution in [0.4, 0.5) is 10.1 Å². The molecular weight excluding hydrogens is 541 g/mol. The van der Waals surface area contributed by atoms with Gasteiger partial charge in [-0.15, -0.1) is 0 Å². The molecule has 0 aromatic heterocycles. The number of carbonyl (C=O) groups is 2. The fourth-order valence-electron chi connectivity index (χ4n) is 4.50. The number of halogens is 1. The molecule has 0 heterocycles. The molecule has 0 fully saturated rings. The highest BCUT2D eigenvalue weighted by Gasteiger charge is 2.30. The van der Waals surface area contributed by atoms with E-state index in [9.17, 15) is 22.4 Å². The largest absolute Gasteiger partial charge is 0.354 e. The van der Waals surface area contributed by atoms with Gasteiger partial charge in [-0.2, -0.15) is 0 Å². The Morgan fingerprint density at radius 3 is 2.15 bits per heavy atom. The van der Waals surface area contributed by atoms with Crippen molar-refractivity contribution < 1.29 is 22.4 Å². The molecule has 0 saturated heterocycles. The first-order valence-corrected chi connectivity index (χ1v) is 15.7. The maximum Gasteiger partial charge on any atom is 0.243 e. The van der Waals surface area contributed by atoms with E-state index in [1.54, 1.807) is 11.0 Å². The number of para-hydroxylation sites is 1. The molecule has 2 amide bonds. The lowest BCUT2D eigenvalue weighted by atomic mass is 10.0. The van der Waals surface area contributed by atoms with E-state index in [4.69, 9.17) is 0 Å². The van der Waals surface area contributed by atoms with Crippen molar-refractivity contribution in [2.24, 2.45) is 5.92 Å². The summed E-state index contributed by atoms with van der Waals surface area (Å²) in [6, 6.07) is 22.2. The Kier molecular flexibility index (Phi) is 11.5. The minimum Gasteiger partial charge on any atom is -0.354 e. The molecule has 0 bridgehead atoms. The average Bonchev–Trinajstić information content (AvgIpc) is 2.93. The van der Waals surface area contributed by atoms with Crippen LogP contribution in [0.3, 0.4) is 0 Å². The second-order valence-electron chi connectivity index (χ2n) is 10.7. The summed E-state index contributed by atoms with van der Waals surface area (Å²) in [6.45, 7) is 6.60. The molecule has 0 aliphatic heterocycles. The molecule has 41 heavy (non-hydrogen) atoms. The summed E-state index contributed by atoms with van der Waals surface area (Å²) in [5.41, 5.74) is 2.81. The van der Waals surface area contributed by atoms with Crippen molar-refractivity contribution in [3.05, 3.63) is 101 Å². The van der Waals surface area contributed by atoms with Crippen molar-refractivity contribution in [1.82, 2.24) is 10.2 Å². The zero-order valence-electron chi connectivity index (χ0n) is 24.2. The molecular formula is C32H40FN3O4S. The van der Waals surface area contributed by atoms with Crippen LogP contribution >= 0.6 is 0 Å². The maximum absolute atomic E-state index is 14.5. The van der Waals surface area contributed by atoms with Crippen molar-refractivity contribution in [2.75, 3.05) is 23.7 Å². The number of carbonyl (C=O) groups excluding carboxylic acids is 2. The van der Waals surface area contributed by atoms with Gasteiger partial charge in [-0.1, -0.05) is 86.1 Å². The second kappa shape index (κ2) is 14.8. The Morgan fingerprint density at radius 1 is 0.902 bits per heavy atom. The highest BCUT2D eigenvalue weighted by Crippen LogP contribution is 2.23. The van der Waals surface area contributed by atoms with Crippen molar-refractivity contribution in [3.63, 3.8) is 0 Å². The minimum atomic E-state index is -3.79. The number of rotatable bonds is 14. The van der Waals surface area contributed by atoms with Crippen LogP contribution in [0.1, 0.15) is 43.4 Å². The average molecular weight is 582 g/mol. The zero-order chi connectivity index (χ0) is 30.0. The Morgan fingerprint density at radius 2 is 1.54 bits per heavy atom. The lowest BCUT2D eigenvalue weighted by Gasteiger charge is -2.32. The molecule has 7 nitrogen and oxygen atoms in total. The molecule has 9 heteroatoms. The normalized spacial score (nSPS) is 12.1. The molecule has 0 aliphatic carbocycles. The molecule has 0 saturated carbocycles. The highest BCUT2D eigenvalue weighted by molar-refractivity contribution is 7.92. The first-order chi connectivity index (χ1) is 19.5. The van der Waals surface area contributed by atoms with Crippen LogP contribution in [-0.2, 0) is 32.6 Å². The van der Waals surface area contributed by atoms with E-state index in [1.807, 2.05) is 75.4 Å². The molecule has 0 aliphatic rings. The number of hydrogen-bond donors (Lipinski definition) is 1. The van der Waals surface area contributed by atoms with Gasteiger partial charge in [0, 0.05) is 32.5 Å². The monoisotopic (exact) mass is 581 g/mol. The van der Waals surface area contributed by atoms with E-state index in [0.717, 1.165) is 27.3 Å². The predicted octanol–water partition coefficient (Wildman–Crippen LogP) is 5.09. The van der Waals surface area contributed by atoms with Gasteiger partial charge < -0.3 is 10.2 Å². The van der Waals surface area contributed by atoms with E-state index in [2.05, 4.69) is 5.32 Å². The van der Waals surface area contributed by atoms with Gasteiger partial charge in [0.25, 0.3) is 0 Å². The van der Waals surface area contributed by atoms with Gasteiger partial charge >= 0.3 is 0 Å². The van der Waals surface area contributed by atoms with Gasteiger partial charge in [0.05, 0.1) is 11.9 Å². The quantitative estimate of drug-likeness (QED) is 0.287. The van der Waals surface area contributed by atoms with Gasteiger partial charge in [-0.25, -0.2) is 12.8 Å². The van der Waals surface area contributed by atoms with E-state index >= 15 is 0 Å². The molecule has 220 valence electrons. The van der Waals surface area contributed by atoms with Crippen LogP contribution in [0.15, 0.2) is 78.9 Å². The predicted molar refractivity (Wildman–Crippen MR) is 161 cm³/mol.